The third-order valence-corrected chi connectivity index (χ3v) is 11.1. The minimum absolute atomic E-state index is 1.05. The molecule has 0 radical (unpaired) electrons. The second kappa shape index (κ2) is 8.70. The maximum Gasteiger partial charge on any atom is 0.145 e. The summed E-state index contributed by atoms with van der Waals surface area (Å²) in [4.78, 5) is 0. The largest absolute Gasteiger partial charge is 0.241 e. The number of hydrogen-bond donors (Lipinski definition) is 0. The van der Waals surface area contributed by atoms with Crippen molar-refractivity contribution in [3.63, 3.8) is 0 Å². The molecule has 0 bridgehead atoms. The van der Waals surface area contributed by atoms with E-state index >= 15 is 0 Å². The average Bonchev–Trinajstić information content (AvgIpc) is 3.73. The first kappa shape index (κ1) is 21.1. The van der Waals surface area contributed by atoms with E-state index in [4.69, 9.17) is 0 Å². The summed E-state index contributed by atoms with van der Waals surface area (Å²) < 4.78 is 5.67. The second-order valence-electron chi connectivity index (χ2n) is 8.62. The Balaban J connectivity index is 1.44. The number of nitrogens with zero attached hydrogens (tertiary/aromatic N) is 6. The molecule has 0 aliphatic rings. The van der Waals surface area contributed by atoms with E-state index in [0.29, 0.717) is 0 Å². The SMILES string of the molecule is C[Si](c1ccc(-n2cccn2)cc1)(c1ccc(-n2cccn2)cc1)c1ccc(-n2cccn2)cc1. The molecule has 6 nitrogen and oxygen atoms in total. The first-order valence-corrected chi connectivity index (χ1v) is 14.0. The van der Waals surface area contributed by atoms with Crippen LogP contribution in [0.4, 0.5) is 0 Å². The molecular weight excluding hydrogens is 448 g/mol. The molecule has 0 N–H and O–H groups in total. The molecule has 0 unspecified atom stereocenters. The van der Waals surface area contributed by atoms with E-state index in [0.717, 1.165) is 17.1 Å². The van der Waals surface area contributed by atoms with Crippen molar-refractivity contribution in [3.05, 3.63) is 128 Å². The zero-order valence-corrected chi connectivity index (χ0v) is 20.3. The van der Waals surface area contributed by atoms with Crippen molar-refractivity contribution in [2.75, 3.05) is 0 Å². The van der Waals surface area contributed by atoms with Gasteiger partial charge in [0.25, 0.3) is 0 Å². The molecular formula is C28H24N6Si. The third kappa shape index (κ3) is 3.81. The zero-order valence-electron chi connectivity index (χ0n) is 19.3. The van der Waals surface area contributed by atoms with Crippen molar-refractivity contribution >= 4 is 23.6 Å². The van der Waals surface area contributed by atoms with Gasteiger partial charge in [-0.3, -0.25) is 0 Å². The molecule has 0 spiro atoms. The molecule has 0 aliphatic heterocycles. The summed E-state index contributed by atoms with van der Waals surface area (Å²) in [7, 11) is -2.29. The van der Waals surface area contributed by atoms with E-state index in [2.05, 4.69) is 94.6 Å². The Morgan fingerprint density at radius 2 is 0.743 bits per heavy atom. The molecule has 7 heteroatoms. The van der Waals surface area contributed by atoms with Crippen LogP contribution in [-0.4, -0.2) is 37.4 Å². The summed E-state index contributed by atoms with van der Waals surface area (Å²) in [6.45, 7) is 2.42. The molecule has 0 saturated heterocycles. The van der Waals surface area contributed by atoms with Gasteiger partial charge in [0.2, 0.25) is 0 Å². The van der Waals surface area contributed by atoms with Gasteiger partial charge >= 0.3 is 0 Å². The fourth-order valence-corrected chi connectivity index (χ4v) is 8.11. The van der Waals surface area contributed by atoms with Gasteiger partial charge in [-0.05, 0) is 70.2 Å². The van der Waals surface area contributed by atoms with Crippen LogP contribution in [0, 0.1) is 0 Å². The number of benzene rings is 3. The molecule has 3 aromatic heterocycles. The van der Waals surface area contributed by atoms with Crippen LogP contribution in [0.25, 0.3) is 17.1 Å². The number of rotatable bonds is 6. The molecule has 6 rings (SSSR count). The fourth-order valence-electron chi connectivity index (χ4n) is 4.61. The van der Waals surface area contributed by atoms with Gasteiger partial charge in [0.05, 0.1) is 17.1 Å². The van der Waals surface area contributed by atoms with Crippen LogP contribution in [0.5, 0.6) is 0 Å². The Kier molecular flexibility index (Phi) is 5.24. The normalized spacial score (nSPS) is 11.6. The monoisotopic (exact) mass is 472 g/mol. The lowest BCUT2D eigenvalue weighted by Gasteiger charge is -2.30. The summed E-state index contributed by atoms with van der Waals surface area (Å²) in [6.07, 6.45) is 11.3. The van der Waals surface area contributed by atoms with E-state index in [1.165, 1.54) is 15.6 Å². The lowest BCUT2D eigenvalue weighted by molar-refractivity contribution is 0.880. The third-order valence-electron chi connectivity index (χ3n) is 6.64. The molecule has 3 heterocycles. The van der Waals surface area contributed by atoms with Crippen LogP contribution < -0.4 is 15.6 Å². The standard InChI is InChI=1S/C28H24N6Si/c1-35(26-11-5-23(6-12-26)32-20-2-17-29-32,27-13-7-24(8-14-27)33-21-3-18-30-33)28-15-9-25(10-16-28)34-22-4-19-31-34/h2-22H,1H3. The molecule has 0 fully saturated rings. The van der Waals surface area contributed by atoms with Crippen LogP contribution in [0.2, 0.25) is 6.55 Å². The van der Waals surface area contributed by atoms with Crippen LogP contribution in [0.3, 0.4) is 0 Å². The lowest BCUT2D eigenvalue weighted by Crippen LogP contribution is -2.64. The van der Waals surface area contributed by atoms with Crippen molar-refractivity contribution in [1.82, 2.24) is 29.3 Å². The molecule has 0 saturated carbocycles. The minimum atomic E-state index is -2.29. The highest BCUT2D eigenvalue weighted by atomic mass is 28.3. The maximum absolute atomic E-state index is 4.37. The molecule has 35 heavy (non-hydrogen) atoms. The Hall–Kier alpha value is -4.49. The van der Waals surface area contributed by atoms with E-state index in [1.807, 2.05) is 50.8 Å². The summed E-state index contributed by atoms with van der Waals surface area (Å²) in [5, 5.41) is 17.1. The van der Waals surface area contributed by atoms with Gasteiger partial charge in [-0.1, -0.05) is 42.9 Å². The van der Waals surface area contributed by atoms with Gasteiger partial charge in [0.1, 0.15) is 8.07 Å². The average molecular weight is 473 g/mol. The van der Waals surface area contributed by atoms with Crippen molar-refractivity contribution in [3.8, 4) is 17.1 Å². The molecule has 6 aromatic rings. The van der Waals surface area contributed by atoms with E-state index < -0.39 is 8.07 Å². The highest BCUT2D eigenvalue weighted by Crippen LogP contribution is 2.14. The topological polar surface area (TPSA) is 53.5 Å². The van der Waals surface area contributed by atoms with Crippen molar-refractivity contribution in [2.24, 2.45) is 0 Å². The Morgan fingerprint density at radius 1 is 0.457 bits per heavy atom. The van der Waals surface area contributed by atoms with E-state index in [9.17, 15) is 0 Å². The Bertz CT molecular complexity index is 1310. The Morgan fingerprint density at radius 3 is 0.971 bits per heavy atom. The van der Waals surface area contributed by atoms with Gasteiger partial charge < -0.3 is 0 Å². The smallest absolute Gasteiger partial charge is 0.145 e. The second-order valence-corrected chi connectivity index (χ2v) is 12.6. The van der Waals surface area contributed by atoms with Crippen molar-refractivity contribution < 1.29 is 0 Å². The number of aromatic nitrogens is 6. The minimum Gasteiger partial charge on any atom is -0.241 e. The van der Waals surface area contributed by atoms with Crippen LogP contribution in [-0.2, 0) is 0 Å². The fraction of sp³-hybridized carbons (Fsp3) is 0.0357. The van der Waals surface area contributed by atoms with Gasteiger partial charge in [-0.25, -0.2) is 14.0 Å². The number of hydrogen-bond acceptors (Lipinski definition) is 3. The maximum atomic E-state index is 4.37. The molecule has 0 aliphatic carbocycles. The predicted octanol–water partition coefficient (Wildman–Crippen LogP) is 3.34. The van der Waals surface area contributed by atoms with Crippen LogP contribution >= 0.6 is 0 Å². The molecule has 170 valence electrons. The highest BCUT2D eigenvalue weighted by molar-refractivity contribution is 7.10. The first-order valence-electron chi connectivity index (χ1n) is 11.5. The van der Waals surface area contributed by atoms with Crippen LogP contribution in [0.1, 0.15) is 0 Å². The first-order chi connectivity index (χ1) is 17.2. The molecule has 0 atom stereocenters. The quantitative estimate of drug-likeness (QED) is 0.276. The summed E-state index contributed by atoms with van der Waals surface area (Å²) >= 11 is 0. The Labute approximate surface area is 204 Å². The van der Waals surface area contributed by atoms with Gasteiger partial charge in [-0.15, -0.1) is 0 Å². The summed E-state index contributed by atoms with van der Waals surface area (Å²) in [5.74, 6) is 0. The highest BCUT2D eigenvalue weighted by Gasteiger charge is 2.34. The van der Waals surface area contributed by atoms with E-state index in [1.54, 1.807) is 18.6 Å². The van der Waals surface area contributed by atoms with Crippen LogP contribution in [0.15, 0.2) is 128 Å². The molecule has 3 aromatic carbocycles. The zero-order chi connectivity index (χ0) is 23.7. The van der Waals surface area contributed by atoms with Gasteiger partial charge in [-0.2, -0.15) is 15.3 Å². The molecule has 0 amide bonds. The predicted molar refractivity (Wildman–Crippen MR) is 141 cm³/mol. The summed E-state index contributed by atoms with van der Waals surface area (Å²) in [6, 6.07) is 32.3. The summed E-state index contributed by atoms with van der Waals surface area (Å²) in [5.41, 5.74) is 3.16. The van der Waals surface area contributed by atoms with Crippen molar-refractivity contribution in [2.45, 2.75) is 6.55 Å². The lowest BCUT2D eigenvalue weighted by atomic mass is 10.3. The van der Waals surface area contributed by atoms with Gasteiger partial charge in [0, 0.05) is 37.2 Å². The van der Waals surface area contributed by atoms with Gasteiger partial charge in [0.15, 0.2) is 0 Å². The van der Waals surface area contributed by atoms with Crippen molar-refractivity contribution in [1.29, 1.82) is 0 Å². The van der Waals surface area contributed by atoms with E-state index in [-0.39, 0.29) is 0 Å².